The van der Waals surface area contributed by atoms with Gasteiger partial charge in [0.15, 0.2) is 0 Å². The minimum Gasteiger partial charge on any atom is -0.0610 e. The number of hydrogen-bond acceptors (Lipinski definition) is 0. The molecule has 0 saturated heterocycles. The largest absolute Gasteiger partial charge is 0.0610 e. The zero-order valence-corrected chi connectivity index (χ0v) is 8.77. The average molecular weight is 202 g/mol. The van der Waals surface area contributed by atoms with Crippen LogP contribution in [0.4, 0.5) is 0 Å². The van der Waals surface area contributed by atoms with Crippen molar-refractivity contribution in [2.45, 2.75) is 0 Å². The van der Waals surface area contributed by atoms with Gasteiger partial charge >= 0.3 is 0 Å². The Balaban J connectivity index is 2.58. The zero-order valence-electron chi connectivity index (χ0n) is 8.77. The highest BCUT2D eigenvalue weighted by molar-refractivity contribution is 6.22. The summed E-state index contributed by atoms with van der Waals surface area (Å²) in [5, 5.41) is 8.11. The Morgan fingerprint density at radius 2 is 0.688 bits per heavy atom. The third kappa shape index (κ3) is 0.892. The van der Waals surface area contributed by atoms with Gasteiger partial charge in [0.2, 0.25) is 0 Å². The van der Waals surface area contributed by atoms with Crippen LogP contribution in [0.5, 0.6) is 0 Å². The lowest BCUT2D eigenvalue weighted by Gasteiger charge is -1.88. The van der Waals surface area contributed by atoms with E-state index in [1.807, 2.05) is 0 Å². The quantitative estimate of drug-likeness (QED) is 0.391. The summed E-state index contributed by atoms with van der Waals surface area (Å²) in [5.41, 5.74) is 0. The smallest absolute Gasteiger partial charge is 0.00268 e. The van der Waals surface area contributed by atoms with Crippen LogP contribution in [0.25, 0.3) is 32.3 Å². The summed E-state index contributed by atoms with van der Waals surface area (Å²) in [6.45, 7) is 0. The predicted octanol–water partition coefficient (Wildman–Crippen LogP) is 4.58. The average Bonchev–Trinajstić information content (AvgIpc) is 2.76. The molecule has 74 valence electrons. The molecule has 0 aliphatic heterocycles. The first-order chi connectivity index (χ1) is 7.93. The topological polar surface area (TPSA) is 0 Å². The lowest BCUT2D eigenvalue weighted by atomic mass is 10.1. The van der Waals surface area contributed by atoms with Crippen LogP contribution in [-0.2, 0) is 0 Å². The third-order valence-corrected chi connectivity index (χ3v) is 3.39. The molecule has 0 aliphatic carbocycles. The van der Waals surface area contributed by atoms with Gasteiger partial charge in [0.05, 0.1) is 0 Å². The van der Waals surface area contributed by atoms with Crippen molar-refractivity contribution in [1.82, 2.24) is 0 Å². The second kappa shape index (κ2) is 2.73. The van der Waals surface area contributed by atoms with E-state index in [0.29, 0.717) is 0 Å². The summed E-state index contributed by atoms with van der Waals surface area (Å²) in [4.78, 5) is 0. The Morgan fingerprint density at radius 1 is 0.375 bits per heavy atom. The van der Waals surface area contributed by atoms with Gasteiger partial charge in [-0.1, -0.05) is 60.7 Å². The van der Waals surface area contributed by atoms with Crippen LogP contribution in [0, 0.1) is 0 Å². The fourth-order valence-corrected chi connectivity index (χ4v) is 2.67. The van der Waals surface area contributed by atoms with Gasteiger partial charge in [0.25, 0.3) is 0 Å². The van der Waals surface area contributed by atoms with Crippen LogP contribution in [0.1, 0.15) is 0 Å². The second-order valence-electron chi connectivity index (χ2n) is 4.29. The van der Waals surface area contributed by atoms with Gasteiger partial charge in [0.1, 0.15) is 0 Å². The monoisotopic (exact) mass is 202 g/mol. The van der Waals surface area contributed by atoms with Crippen molar-refractivity contribution in [3.05, 3.63) is 60.7 Å². The summed E-state index contributed by atoms with van der Waals surface area (Å²) in [6.07, 6.45) is 0. The zero-order chi connectivity index (χ0) is 10.5. The van der Waals surface area contributed by atoms with Gasteiger partial charge in [-0.05, 0) is 32.3 Å². The first kappa shape index (κ1) is 8.12. The van der Waals surface area contributed by atoms with E-state index in [1.165, 1.54) is 32.3 Å². The van der Waals surface area contributed by atoms with E-state index in [0.717, 1.165) is 0 Å². The molecule has 4 aromatic carbocycles. The van der Waals surface area contributed by atoms with Crippen LogP contribution >= 0.6 is 0 Å². The Kier molecular flexibility index (Phi) is 1.39. The van der Waals surface area contributed by atoms with Gasteiger partial charge in [-0.3, -0.25) is 0 Å². The molecule has 0 heteroatoms. The fourth-order valence-electron chi connectivity index (χ4n) is 2.67. The number of rotatable bonds is 0. The van der Waals surface area contributed by atoms with Crippen molar-refractivity contribution in [3.63, 3.8) is 0 Å². The number of hydrogen-bond donors (Lipinski definition) is 0. The first-order valence-corrected chi connectivity index (χ1v) is 5.56. The first-order valence-electron chi connectivity index (χ1n) is 5.56. The van der Waals surface area contributed by atoms with Crippen LogP contribution in [0.3, 0.4) is 0 Å². The molecule has 0 amide bonds. The van der Waals surface area contributed by atoms with Crippen molar-refractivity contribution < 1.29 is 0 Å². The molecule has 0 heterocycles. The molecule has 0 spiro atoms. The van der Waals surface area contributed by atoms with Crippen LogP contribution < -0.4 is 0 Å². The van der Waals surface area contributed by atoms with E-state index in [4.69, 9.17) is 0 Å². The standard InChI is InChI=1S/C16H10/c1-3-11-7-9-13-5-2-6-14-10-8-12(4-1)16(14)15(11)13/h1-10H. The maximum Gasteiger partial charge on any atom is -0.00268 e. The molecule has 16 heavy (non-hydrogen) atoms. The minimum atomic E-state index is 1.33. The summed E-state index contributed by atoms with van der Waals surface area (Å²) in [6, 6.07) is 21.9. The van der Waals surface area contributed by atoms with E-state index < -0.39 is 0 Å². The molecule has 0 atom stereocenters. The fraction of sp³-hybridized carbons (Fsp3) is 0. The summed E-state index contributed by atoms with van der Waals surface area (Å²) < 4.78 is 0. The molecule has 0 radical (unpaired) electrons. The molecule has 0 nitrogen and oxygen atoms in total. The lowest BCUT2D eigenvalue weighted by Crippen LogP contribution is -1.59. The summed E-state index contributed by atoms with van der Waals surface area (Å²) >= 11 is 0. The molecule has 4 rings (SSSR count). The molecule has 0 fully saturated rings. The SMILES string of the molecule is c1cc2ccc3cccc4ccc(c1)c4c23. The van der Waals surface area contributed by atoms with Gasteiger partial charge in [-0.2, -0.15) is 0 Å². The molecular weight excluding hydrogens is 192 g/mol. The Morgan fingerprint density at radius 3 is 1.00 bits per heavy atom. The molecular formula is C16H10. The van der Waals surface area contributed by atoms with Crippen molar-refractivity contribution in [2.24, 2.45) is 0 Å². The van der Waals surface area contributed by atoms with Crippen LogP contribution in [0.2, 0.25) is 0 Å². The lowest BCUT2D eigenvalue weighted by molar-refractivity contribution is 1.92. The highest BCUT2D eigenvalue weighted by Crippen LogP contribution is 2.33. The second-order valence-corrected chi connectivity index (χ2v) is 4.29. The summed E-state index contributed by atoms with van der Waals surface area (Å²) in [5.74, 6) is 0. The Hall–Kier alpha value is -2.08. The van der Waals surface area contributed by atoms with Crippen molar-refractivity contribution >= 4 is 32.3 Å². The van der Waals surface area contributed by atoms with Crippen molar-refractivity contribution in [1.29, 1.82) is 0 Å². The van der Waals surface area contributed by atoms with E-state index in [2.05, 4.69) is 60.7 Å². The van der Waals surface area contributed by atoms with Crippen LogP contribution in [0.15, 0.2) is 60.7 Å². The third-order valence-electron chi connectivity index (χ3n) is 3.39. The molecule has 0 N–H and O–H groups in total. The van der Waals surface area contributed by atoms with Gasteiger partial charge < -0.3 is 0 Å². The maximum atomic E-state index is 2.20. The Bertz CT molecular complexity index is 667. The molecule has 0 aromatic heterocycles. The van der Waals surface area contributed by atoms with E-state index in [9.17, 15) is 0 Å². The van der Waals surface area contributed by atoms with Crippen molar-refractivity contribution in [3.8, 4) is 0 Å². The molecule has 0 saturated carbocycles. The minimum absolute atomic E-state index is 1.33. The highest BCUT2D eigenvalue weighted by Gasteiger charge is 2.05. The van der Waals surface area contributed by atoms with Gasteiger partial charge in [-0.15, -0.1) is 0 Å². The van der Waals surface area contributed by atoms with E-state index in [1.54, 1.807) is 0 Å². The molecule has 0 unspecified atom stereocenters. The summed E-state index contributed by atoms with van der Waals surface area (Å²) in [7, 11) is 0. The van der Waals surface area contributed by atoms with Gasteiger partial charge in [0, 0.05) is 0 Å². The molecule has 0 bridgehead atoms. The molecule has 0 aliphatic rings. The van der Waals surface area contributed by atoms with E-state index in [-0.39, 0.29) is 0 Å². The Labute approximate surface area is 93.5 Å². The predicted molar refractivity (Wildman–Crippen MR) is 70.1 cm³/mol. The highest BCUT2D eigenvalue weighted by atomic mass is 14.1. The maximum absolute atomic E-state index is 2.20. The van der Waals surface area contributed by atoms with E-state index >= 15 is 0 Å². The normalized spacial score (nSPS) is 11.8. The van der Waals surface area contributed by atoms with Gasteiger partial charge in [-0.25, -0.2) is 0 Å². The van der Waals surface area contributed by atoms with Crippen LogP contribution in [-0.4, -0.2) is 0 Å². The molecule has 4 aromatic rings. The van der Waals surface area contributed by atoms with Crippen molar-refractivity contribution in [2.75, 3.05) is 0 Å².